The monoisotopic (exact) mass is 513 g/mol. The summed E-state index contributed by atoms with van der Waals surface area (Å²) in [4.78, 5) is 22.9. The maximum atomic E-state index is 15.7. The fraction of sp³-hybridized carbons (Fsp3) is 0.0714. The van der Waals surface area contributed by atoms with Crippen LogP contribution in [0, 0.1) is 5.82 Å². The van der Waals surface area contributed by atoms with Crippen LogP contribution in [-0.4, -0.2) is 21.0 Å². The Bertz CT molecular complexity index is 1540. The normalized spacial score (nSPS) is 10.8. The molecular weight excluding hydrogens is 493 g/mol. The zero-order chi connectivity index (χ0) is 25.8. The van der Waals surface area contributed by atoms with Crippen molar-refractivity contribution in [3.8, 4) is 22.5 Å². The van der Waals surface area contributed by atoms with Gasteiger partial charge in [-0.3, -0.25) is 9.69 Å². The lowest BCUT2D eigenvalue weighted by Crippen LogP contribution is -2.24. The van der Waals surface area contributed by atoms with E-state index in [1.165, 1.54) is 30.4 Å². The molecule has 0 fully saturated rings. The van der Waals surface area contributed by atoms with E-state index in [2.05, 4.69) is 20.4 Å². The summed E-state index contributed by atoms with van der Waals surface area (Å²) in [5.41, 5.74) is 3.01. The van der Waals surface area contributed by atoms with Crippen molar-refractivity contribution in [3.63, 3.8) is 0 Å². The molecule has 2 heterocycles. The Morgan fingerprint density at radius 1 is 1.03 bits per heavy atom. The summed E-state index contributed by atoms with van der Waals surface area (Å²) in [5, 5.41) is 7.38. The number of rotatable bonds is 7. The zero-order valence-electron chi connectivity index (χ0n) is 19.7. The van der Waals surface area contributed by atoms with E-state index in [0.717, 1.165) is 5.56 Å². The van der Waals surface area contributed by atoms with Gasteiger partial charge in [-0.15, -0.1) is 0 Å². The molecule has 0 aliphatic rings. The van der Waals surface area contributed by atoms with Crippen molar-refractivity contribution < 1.29 is 13.7 Å². The number of hydrogen-bond acceptors (Lipinski definition) is 6. The third-order valence-electron chi connectivity index (χ3n) is 5.69. The van der Waals surface area contributed by atoms with Crippen molar-refractivity contribution in [2.75, 3.05) is 10.2 Å². The highest BCUT2D eigenvalue weighted by Crippen LogP contribution is 2.40. The molecule has 3 aromatic carbocycles. The van der Waals surface area contributed by atoms with Gasteiger partial charge in [-0.2, -0.15) is 0 Å². The van der Waals surface area contributed by atoms with Crippen LogP contribution in [0.15, 0.2) is 96.0 Å². The van der Waals surface area contributed by atoms with Gasteiger partial charge < -0.3 is 9.84 Å². The first-order valence-corrected chi connectivity index (χ1v) is 11.8. The molecule has 0 aliphatic carbocycles. The molecule has 0 bridgehead atoms. The lowest BCUT2D eigenvalue weighted by Gasteiger charge is -2.24. The number of nitrogens with one attached hydrogen (secondary N) is 1. The number of nitrogens with zero attached hydrogens (tertiary/aromatic N) is 4. The van der Waals surface area contributed by atoms with E-state index in [1.54, 1.807) is 42.6 Å². The second-order valence-corrected chi connectivity index (χ2v) is 8.58. The average molecular weight is 514 g/mol. The Labute approximate surface area is 217 Å². The van der Waals surface area contributed by atoms with Gasteiger partial charge in [0.1, 0.15) is 17.9 Å². The standard InChI is InChI=1S/C28H21ClFN5O2/c1-18(36)35(25-10-6-5-9-23(25)29)26-14-21(20-16-33-37-17-20)22(13-24(26)30)28-31-12-11-27(34-28)32-15-19-7-3-2-4-8-19/h2-14,16-17H,15H2,1H3,(H,31,32,34). The molecule has 0 aliphatic heterocycles. The topological polar surface area (TPSA) is 84.2 Å². The van der Waals surface area contributed by atoms with E-state index in [0.29, 0.717) is 45.6 Å². The van der Waals surface area contributed by atoms with Crippen molar-refractivity contribution in [2.45, 2.75) is 13.5 Å². The van der Waals surface area contributed by atoms with Gasteiger partial charge in [-0.1, -0.05) is 59.2 Å². The zero-order valence-corrected chi connectivity index (χ0v) is 20.5. The summed E-state index contributed by atoms with van der Waals surface area (Å²) in [6.07, 6.45) is 4.54. The Morgan fingerprint density at radius 2 is 1.81 bits per heavy atom. The quantitative estimate of drug-likeness (QED) is 0.255. The van der Waals surface area contributed by atoms with Gasteiger partial charge in [0, 0.05) is 30.8 Å². The Hall–Kier alpha value is -4.56. The number of amides is 1. The van der Waals surface area contributed by atoms with E-state index < -0.39 is 11.7 Å². The second-order valence-electron chi connectivity index (χ2n) is 8.17. The van der Waals surface area contributed by atoms with Crippen LogP contribution >= 0.6 is 11.6 Å². The molecule has 0 atom stereocenters. The molecule has 0 saturated heterocycles. The van der Waals surface area contributed by atoms with Gasteiger partial charge in [-0.05, 0) is 41.5 Å². The smallest absolute Gasteiger partial charge is 0.228 e. The highest BCUT2D eigenvalue weighted by Gasteiger charge is 2.24. The van der Waals surface area contributed by atoms with Crippen LogP contribution in [0.2, 0.25) is 5.02 Å². The summed E-state index contributed by atoms with van der Waals surface area (Å²) < 4.78 is 20.8. The lowest BCUT2D eigenvalue weighted by atomic mass is 9.99. The van der Waals surface area contributed by atoms with Crippen molar-refractivity contribution in [1.29, 1.82) is 0 Å². The van der Waals surface area contributed by atoms with E-state index >= 15 is 4.39 Å². The van der Waals surface area contributed by atoms with E-state index in [9.17, 15) is 4.79 Å². The van der Waals surface area contributed by atoms with Crippen LogP contribution < -0.4 is 10.2 Å². The number of halogens is 2. The highest BCUT2D eigenvalue weighted by molar-refractivity contribution is 6.34. The molecule has 1 amide bonds. The van der Waals surface area contributed by atoms with Crippen LogP contribution in [0.3, 0.4) is 0 Å². The van der Waals surface area contributed by atoms with Crippen molar-refractivity contribution >= 4 is 34.7 Å². The van der Waals surface area contributed by atoms with Gasteiger partial charge in [0.15, 0.2) is 5.82 Å². The van der Waals surface area contributed by atoms with Crippen molar-refractivity contribution in [2.24, 2.45) is 0 Å². The lowest BCUT2D eigenvalue weighted by molar-refractivity contribution is -0.115. The van der Waals surface area contributed by atoms with E-state index in [-0.39, 0.29) is 5.69 Å². The summed E-state index contributed by atoms with van der Waals surface area (Å²) >= 11 is 6.35. The van der Waals surface area contributed by atoms with Gasteiger partial charge in [0.25, 0.3) is 0 Å². The molecule has 37 heavy (non-hydrogen) atoms. The number of para-hydroxylation sites is 1. The highest BCUT2D eigenvalue weighted by atomic mass is 35.5. The number of anilines is 3. The number of aromatic nitrogens is 3. The Balaban J connectivity index is 1.59. The Kier molecular flexibility index (Phi) is 6.91. The van der Waals surface area contributed by atoms with Crippen molar-refractivity contribution in [3.05, 3.63) is 108 Å². The predicted molar refractivity (Wildman–Crippen MR) is 141 cm³/mol. The second kappa shape index (κ2) is 10.6. The fourth-order valence-corrected chi connectivity index (χ4v) is 4.19. The van der Waals surface area contributed by atoms with Crippen LogP contribution in [0.25, 0.3) is 22.5 Å². The summed E-state index contributed by atoms with van der Waals surface area (Å²) in [6.45, 7) is 1.91. The molecule has 0 saturated carbocycles. The van der Waals surface area contributed by atoms with Crippen LogP contribution in [-0.2, 0) is 11.3 Å². The molecule has 184 valence electrons. The van der Waals surface area contributed by atoms with Crippen molar-refractivity contribution in [1.82, 2.24) is 15.1 Å². The van der Waals surface area contributed by atoms with Crippen LogP contribution in [0.5, 0.6) is 0 Å². The minimum absolute atomic E-state index is 0.0268. The first-order chi connectivity index (χ1) is 18.0. The molecular formula is C28H21ClFN5O2. The Morgan fingerprint density at radius 3 is 2.54 bits per heavy atom. The fourth-order valence-electron chi connectivity index (χ4n) is 3.97. The number of benzene rings is 3. The predicted octanol–water partition coefficient (Wildman–Crippen LogP) is 6.89. The van der Waals surface area contributed by atoms with E-state index in [1.807, 2.05) is 30.3 Å². The molecule has 2 aromatic heterocycles. The molecule has 0 unspecified atom stereocenters. The largest absolute Gasteiger partial charge is 0.366 e. The number of hydrogen-bond donors (Lipinski definition) is 1. The number of carbonyl (C=O) groups is 1. The minimum Gasteiger partial charge on any atom is -0.366 e. The third-order valence-corrected chi connectivity index (χ3v) is 6.01. The molecule has 1 N–H and O–H groups in total. The SMILES string of the molecule is CC(=O)N(c1cc(-c2cnoc2)c(-c2nccc(NCc3ccccc3)n2)cc1F)c1ccccc1Cl. The molecule has 5 aromatic rings. The molecule has 7 nitrogen and oxygen atoms in total. The van der Waals surface area contributed by atoms with Gasteiger partial charge in [0.05, 0.1) is 22.6 Å². The van der Waals surface area contributed by atoms with E-state index in [4.69, 9.17) is 16.1 Å². The minimum atomic E-state index is -0.642. The maximum absolute atomic E-state index is 15.7. The molecule has 5 rings (SSSR count). The third kappa shape index (κ3) is 5.19. The molecule has 9 heteroatoms. The number of carbonyl (C=O) groups excluding carboxylic acids is 1. The van der Waals surface area contributed by atoms with Crippen LogP contribution in [0.4, 0.5) is 21.6 Å². The molecule has 0 radical (unpaired) electrons. The van der Waals surface area contributed by atoms with Gasteiger partial charge in [-0.25, -0.2) is 14.4 Å². The average Bonchev–Trinajstić information content (AvgIpc) is 3.45. The molecule has 0 spiro atoms. The summed E-state index contributed by atoms with van der Waals surface area (Å²) in [7, 11) is 0. The first-order valence-electron chi connectivity index (χ1n) is 11.4. The van der Waals surface area contributed by atoms with Gasteiger partial charge >= 0.3 is 0 Å². The maximum Gasteiger partial charge on any atom is 0.228 e. The summed E-state index contributed by atoms with van der Waals surface area (Å²) in [6, 6.07) is 21.3. The first kappa shape index (κ1) is 24.1. The van der Waals surface area contributed by atoms with Crippen LogP contribution in [0.1, 0.15) is 12.5 Å². The van der Waals surface area contributed by atoms with Gasteiger partial charge in [0.2, 0.25) is 5.91 Å². The summed E-state index contributed by atoms with van der Waals surface area (Å²) in [5.74, 6) is -0.168.